The highest BCUT2D eigenvalue weighted by molar-refractivity contribution is 5.94. The van der Waals surface area contributed by atoms with Crippen LogP contribution < -0.4 is 10.1 Å². The minimum Gasteiger partial charge on any atom is -0.435 e. The first kappa shape index (κ1) is 12.4. The monoisotopic (exact) mass is 228 g/mol. The number of amidine groups is 1. The van der Waals surface area contributed by atoms with Gasteiger partial charge in [0, 0.05) is 12.7 Å². The zero-order valence-corrected chi connectivity index (χ0v) is 9.42. The average molecular weight is 228 g/mol. The first-order valence-electron chi connectivity index (χ1n) is 4.79. The predicted octanol–water partition coefficient (Wildman–Crippen LogP) is 3.06. The van der Waals surface area contributed by atoms with E-state index in [0.717, 1.165) is 17.1 Å². The van der Waals surface area contributed by atoms with Crippen molar-refractivity contribution in [1.82, 2.24) is 0 Å². The molecule has 0 amide bonds. The molecule has 1 N–H and O–H groups in total. The van der Waals surface area contributed by atoms with Gasteiger partial charge in [0.15, 0.2) is 0 Å². The number of aryl methyl sites for hydroxylation is 1. The van der Waals surface area contributed by atoms with Crippen molar-refractivity contribution < 1.29 is 13.5 Å². The van der Waals surface area contributed by atoms with E-state index in [1.54, 1.807) is 19.2 Å². The standard InChI is InChI=1S/C11H14F2N2O/c1-7-6-9(16-11(12)13)4-5-10(7)15-8(2)14-3/h4-6,11H,1-3H3,(H,14,15). The molecule has 0 bridgehead atoms. The van der Waals surface area contributed by atoms with Gasteiger partial charge in [-0.25, -0.2) is 0 Å². The van der Waals surface area contributed by atoms with Crippen LogP contribution in [0.25, 0.3) is 0 Å². The number of nitrogens with zero attached hydrogens (tertiary/aromatic N) is 1. The van der Waals surface area contributed by atoms with Gasteiger partial charge in [0.2, 0.25) is 0 Å². The van der Waals surface area contributed by atoms with Crippen LogP contribution in [0.4, 0.5) is 14.5 Å². The van der Waals surface area contributed by atoms with Gasteiger partial charge in [-0.1, -0.05) is 0 Å². The molecule has 0 heterocycles. The van der Waals surface area contributed by atoms with Crippen molar-refractivity contribution in [3.05, 3.63) is 23.8 Å². The van der Waals surface area contributed by atoms with Crippen LogP contribution in [0, 0.1) is 6.92 Å². The predicted molar refractivity (Wildman–Crippen MR) is 60.5 cm³/mol. The molecule has 1 rings (SSSR count). The minimum absolute atomic E-state index is 0.157. The molecule has 0 aliphatic carbocycles. The Bertz CT molecular complexity index is 392. The normalized spacial score (nSPS) is 11.8. The first-order valence-corrected chi connectivity index (χ1v) is 4.79. The second kappa shape index (κ2) is 5.44. The number of nitrogens with one attached hydrogen (secondary N) is 1. The average Bonchev–Trinajstić information content (AvgIpc) is 2.21. The molecule has 0 aliphatic heterocycles. The lowest BCUT2D eigenvalue weighted by atomic mass is 10.2. The maximum Gasteiger partial charge on any atom is 0.387 e. The van der Waals surface area contributed by atoms with Gasteiger partial charge in [0.05, 0.1) is 5.84 Å². The molecular weight excluding hydrogens is 214 g/mol. The molecule has 88 valence electrons. The molecule has 1 aromatic rings. The lowest BCUT2D eigenvalue weighted by Crippen LogP contribution is -2.08. The number of hydrogen-bond acceptors (Lipinski definition) is 2. The third-order valence-corrected chi connectivity index (χ3v) is 2.07. The van der Waals surface area contributed by atoms with Crippen LogP contribution in [0.3, 0.4) is 0 Å². The van der Waals surface area contributed by atoms with E-state index in [1.165, 1.54) is 6.07 Å². The van der Waals surface area contributed by atoms with E-state index >= 15 is 0 Å². The Morgan fingerprint density at radius 2 is 2.12 bits per heavy atom. The lowest BCUT2D eigenvalue weighted by Gasteiger charge is -2.11. The summed E-state index contributed by atoms with van der Waals surface area (Å²) < 4.78 is 28.2. The molecule has 0 aliphatic rings. The van der Waals surface area contributed by atoms with Gasteiger partial charge in [-0.3, -0.25) is 4.99 Å². The first-order chi connectivity index (χ1) is 7.52. The van der Waals surface area contributed by atoms with Crippen LogP contribution >= 0.6 is 0 Å². The van der Waals surface area contributed by atoms with Crippen LogP contribution in [0.1, 0.15) is 12.5 Å². The van der Waals surface area contributed by atoms with Gasteiger partial charge in [0.25, 0.3) is 0 Å². The smallest absolute Gasteiger partial charge is 0.387 e. The number of anilines is 1. The summed E-state index contributed by atoms with van der Waals surface area (Å²) in [5, 5.41) is 3.05. The van der Waals surface area contributed by atoms with E-state index in [2.05, 4.69) is 15.0 Å². The fraction of sp³-hybridized carbons (Fsp3) is 0.364. The van der Waals surface area contributed by atoms with Crippen LogP contribution in [-0.2, 0) is 0 Å². The Labute approximate surface area is 93.1 Å². The number of aliphatic imine (C=N–C) groups is 1. The third-order valence-electron chi connectivity index (χ3n) is 2.07. The number of rotatable bonds is 3. The van der Waals surface area contributed by atoms with Crippen molar-refractivity contribution >= 4 is 11.5 Å². The third kappa shape index (κ3) is 3.49. The molecule has 0 radical (unpaired) electrons. The molecule has 5 heteroatoms. The Morgan fingerprint density at radius 1 is 1.44 bits per heavy atom. The number of alkyl halides is 2. The van der Waals surface area contributed by atoms with E-state index in [4.69, 9.17) is 0 Å². The molecule has 0 saturated heterocycles. The van der Waals surface area contributed by atoms with Crippen LogP contribution in [-0.4, -0.2) is 19.5 Å². The molecular formula is C11H14F2N2O. The topological polar surface area (TPSA) is 33.6 Å². The molecule has 0 fully saturated rings. The van der Waals surface area contributed by atoms with Crippen LogP contribution in [0.15, 0.2) is 23.2 Å². The fourth-order valence-corrected chi connectivity index (χ4v) is 1.20. The van der Waals surface area contributed by atoms with Crippen LogP contribution in [0.2, 0.25) is 0 Å². The van der Waals surface area contributed by atoms with Gasteiger partial charge in [-0.2, -0.15) is 8.78 Å². The zero-order valence-electron chi connectivity index (χ0n) is 9.42. The maximum atomic E-state index is 12.0. The molecule has 0 aromatic heterocycles. The minimum atomic E-state index is -2.79. The summed E-state index contributed by atoms with van der Waals surface area (Å²) in [6.45, 7) is 0.837. The van der Waals surface area contributed by atoms with E-state index < -0.39 is 6.61 Å². The molecule has 3 nitrogen and oxygen atoms in total. The fourth-order valence-electron chi connectivity index (χ4n) is 1.20. The molecule has 0 saturated carbocycles. The summed E-state index contributed by atoms with van der Waals surface area (Å²) in [6, 6.07) is 4.73. The van der Waals surface area contributed by atoms with Crippen molar-refractivity contribution in [3.8, 4) is 5.75 Å². The SMILES string of the molecule is CN=C(C)Nc1ccc(OC(F)F)cc1C. The second-order valence-electron chi connectivity index (χ2n) is 3.29. The molecule has 0 spiro atoms. The van der Waals surface area contributed by atoms with Crippen molar-refractivity contribution in [2.45, 2.75) is 20.5 Å². The molecule has 1 aromatic carbocycles. The van der Waals surface area contributed by atoms with E-state index in [0.29, 0.717) is 0 Å². The number of hydrogen-bond donors (Lipinski definition) is 1. The van der Waals surface area contributed by atoms with Crippen molar-refractivity contribution in [3.63, 3.8) is 0 Å². The summed E-state index contributed by atoms with van der Waals surface area (Å²) >= 11 is 0. The van der Waals surface area contributed by atoms with Gasteiger partial charge < -0.3 is 10.1 Å². The van der Waals surface area contributed by atoms with E-state index in [-0.39, 0.29) is 5.75 Å². The summed E-state index contributed by atoms with van der Waals surface area (Å²) in [5.74, 6) is 0.912. The van der Waals surface area contributed by atoms with Crippen molar-refractivity contribution in [2.24, 2.45) is 4.99 Å². The highest BCUT2D eigenvalue weighted by atomic mass is 19.3. The number of benzene rings is 1. The Balaban J connectivity index is 2.83. The quantitative estimate of drug-likeness (QED) is 0.637. The highest BCUT2D eigenvalue weighted by Crippen LogP contribution is 2.22. The molecule has 16 heavy (non-hydrogen) atoms. The van der Waals surface area contributed by atoms with Gasteiger partial charge >= 0.3 is 6.61 Å². The number of ether oxygens (including phenoxy) is 1. The Morgan fingerprint density at radius 3 is 2.62 bits per heavy atom. The lowest BCUT2D eigenvalue weighted by molar-refractivity contribution is -0.0498. The summed E-state index contributed by atoms with van der Waals surface area (Å²) in [7, 11) is 1.67. The van der Waals surface area contributed by atoms with Crippen molar-refractivity contribution in [2.75, 3.05) is 12.4 Å². The second-order valence-corrected chi connectivity index (χ2v) is 3.29. The van der Waals surface area contributed by atoms with Crippen LogP contribution in [0.5, 0.6) is 5.75 Å². The zero-order chi connectivity index (χ0) is 12.1. The Hall–Kier alpha value is -1.65. The van der Waals surface area contributed by atoms with E-state index in [1.807, 2.05) is 13.8 Å². The van der Waals surface area contributed by atoms with E-state index in [9.17, 15) is 8.78 Å². The Kier molecular flexibility index (Phi) is 4.22. The van der Waals surface area contributed by atoms with Gasteiger partial charge in [-0.05, 0) is 37.6 Å². The summed E-state index contributed by atoms with van der Waals surface area (Å²) in [5.41, 5.74) is 1.64. The maximum absolute atomic E-state index is 12.0. The summed E-state index contributed by atoms with van der Waals surface area (Å²) in [6.07, 6.45) is 0. The molecule has 0 unspecified atom stereocenters. The summed E-state index contributed by atoms with van der Waals surface area (Å²) in [4.78, 5) is 3.95. The highest BCUT2D eigenvalue weighted by Gasteiger charge is 2.06. The van der Waals surface area contributed by atoms with Crippen molar-refractivity contribution in [1.29, 1.82) is 0 Å². The number of halogens is 2. The molecule has 0 atom stereocenters. The van der Waals surface area contributed by atoms with Gasteiger partial charge in [0.1, 0.15) is 5.75 Å². The van der Waals surface area contributed by atoms with Gasteiger partial charge in [-0.15, -0.1) is 0 Å². The largest absolute Gasteiger partial charge is 0.435 e.